The lowest BCUT2D eigenvalue weighted by Crippen LogP contribution is -2.32. The minimum Gasteiger partial charge on any atom is -0.444 e. The molecular formula is C19H21N5O2. The van der Waals surface area contributed by atoms with Crippen molar-refractivity contribution >= 4 is 11.9 Å². The van der Waals surface area contributed by atoms with Crippen molar-refractivity contribution in [3.8, 4) is 23.6 Å². The molecule has 0 saturated carbocycles. The number of nitrogens with one attached hydrogen (secondary N) is 1. The molecule has 0 fully saturated rings. The summed E-state index contributed by atoms with van der Waals surface area (Å²) in [6, 6.07) is 9.33. The first-order chi connectivity index (χ1) is 12.3. The number of alkyl carbamates (subject to hydrolysis) is 1. The van der Waals surface area contributed by atoms with Gasteiger partial charge >= 0.3 is 6.09 Å². The molecule has 0 radical (unpaired) electrons. The maximum atomic E-state index is 11.5. The summed E-state index contributed by atoms with van der Waals surface area (Å²) >= 11 is 0. The van der Waals surface area contributed by atoms with E-state index in [9.17, 15) is 4.79 Å². The minimum atomic E-state index is -0.510. The van der Waals surface area contributed by atoms with Gasteiger partial charge in [-0.05, 0) is 45.0 Å². The van der Waals surface area contributed by atoms with Gasteiger partial charge in [-0.1, -0.05) is 11.8 Å². The van der Waals surface area contributed by atoms with Crippen LogP contribution in [0.4, 0.5) is 10.6 Å². The van der Waals surface area contributed by atoms with Crippen molar-refractivity contribution in [1.29, 1.82) is 5.26 Å². The molecule has 0 spiro atoms. The topological polar surface area (TPSA) is 106 Å². The Morgan fingerprint density at radius 1 is 1.35 bits per heavy atom. The molecule has 0 atom stereocenters. The average molecular weight is 351 g/mol. The van der Waals surface area contributed by atoms with Crippen molar-refractivity contribution in [2.45, 2.75) is 32.8 Å². The summed E-state index contributed by atoms with van der Waals surface area (Å²) in [5.41, 5.74) is 7.28. The van der Waals surface area contributed by atoms with Gasteiger partial charge in [0.25, 0.3) is 0 Å². The summed E-state index contributed by atoms with van der Waals surface area (Å²) in [6.07, 6.45) is 1.50. The number of amides is 1. The molecule has 7 nitrogen and oxygen atoms in total. The number of hydrogen-bond acceptors (Lipinski definition) is 5. The van der Waals surface area contributed by atoms with E-state index in [0.29, 0.717) is 24.3 Å². The zero-order valence-corrected chi connectivity index (χ0v) is 15.0. The van der Waals surface area contributed by atoms with E-state index in [4.69, 9.17) is 15.7 Å². The van der Waals surface area contributed by atoms with E-state index in [1.807, 2.05) is 51.1 Å². The van der Waals surface area contributed by atoms with Gasteiger partial charge in [0, 0.05) is 18.5 Å². The largest absolute Gasteiger partial charge is 0.444 e. The van der Waals surface area contributed by atoms with Crippen molar-refractivity contribution < 1.29 is 9.53 Å². The number of ether oxygens (including phenoxy) is 1. The van der Waals surface area contributed by atoms with E-state index in [-0.39, 0.29) is 0 Å². The van der Waals surface area contributed by atoms with Gasteiger partial charge in [-0.25, -0.2) is 9.48 Å². The van der Waals surface area contributed by atoms with E-state index in [1.165, 1.54) is 10.9 Å². The number of benzene rings is 1. The summed E-state index contributed by atoms with van der Waals surface area (Å²) < 4.78 is 6.64. The van der Waals surface area contributed by atoms with Gasteiger partial charge in [-0.2, -0.15) is 10.4 Å². The van der Waals surface area contributed by atoms with Gasteiger partial charge in [-0.15, -0.1) is 0 Å². The fourth-order valence-electron chi connectivity index (χ4n) is 2.04. The maximum Gasteiger partial charge on any atom is 0.407 e. The van der Waals surface area contributed by atoms with Crippen LogP contribution in [0.3, 0.4) is 0 Å². The molecule has 134 valence electrons. The number of rotatable bonds is 3. The zero-order chi connectivity index (χ0) is 19.2. The van der Waals surface area contributed by atoms with Gasteiger partial charge in [0.05, 0.1) is 11.9 Å². The summed E-state index contributed by atoms with van der Waals surface area (Å²) in [5.74, 6) is 6.32. The monoisotopic (exact) mass is 351 g/mol. The van der Waals surface area contributed by atoms with E-state index in [1.54, 1.807) is 0 Å². The first kappa shape index (κ1) is 18.9. The average Bonchev–Trinajstić information content (AvgIpc) is 2.94. The summed E-state index contributed by atoms with van der Waals surface area (Å²) in [4.78, 5) is 11.5. The van der Waals surface area contributed by atoms with E-state index in [0.717, 1.165) is 11.3 Å². The van der Waals surface area contributed by atoms with Crippen molar-refractivity contribution in [1.82, 2.24) is 15.1 Å². The fourth-order valence-corrected chi connectivity index (χ4v) is 2.04. The van der Waals surface area contributed by atoms with Crippen LogP contribution in [-0.4, -0.2) is 28.0 Å². The Balaban J connectivity index is 1.88. The van der Waals surface area contributed by atoms with Crippen LogP contribution >= 0.6 is 0 Å². The molecule has 1 aromatic heterocycles. The van der Waals surface area contributed by atoms with Gasteiger partial charge < -0.3 is 15.8 Å². The lowest BCUT2D eigenvalue weighted by atomic mass is 10.2. The Morgan fingerprint density at radius 3 is 2.62 bits per heavy atom. The van der Waals surface area contributed by atoms with E-state index < -0.39 is 11.7 Å². The number of hydrogen-bond donors (Lipinski definition) is 2. The van der Waals surface area contributed by atoms with Gasteiger partial charge in [-0.3, -0.25) is 0 Å². The molecule has 26 heavy (non-hydrogen) atoms. The highest BCUT2D eigenvalue weighted by Gasteiger charge is 2.15. The number of nitrogen functional groups attached to an aromatic ring is 1. The number of nitrogens with zero attached hydrogens (tertiary/aromatic N) is 3. The highest BCUT2D eigenvalue weighted by atomic mass is 16.6. The number of aromatic nitrogens is 2. The smallest absolute Gasteiger partial charge is 0.407 e. The van der Waals surface area contributed by atoms with Gasteiger partial charge in [0.1, 0.15) is 23.1 Å². The third-order valence-corrected chi connectivity index (χ3v) is 3.19. The quantitative estimate of drug-likeness (QED) is 0.653. The second kappa shape index (κ2) is 8.09. The highest BCUT2D eigenvalue weighted by molar-refractivity contribution is 5.67. The van der Waals surface area contributed by atoms with Crippen molar-refractivity contribution in [3.05, 3.63) is 41.6 Å². The summed E-state index contributed by atoms with van der Waals surface area (Å²) in [6.45, 7) is 5.86. The molecule has 7 heteroatoms. The molecule has 1 heterocycles. The third-order valence-electron chi connectivity index (χ3n) is 3.19. The molecule has 0 aliphatic rings. The second-order valence-electron chi connectivity index (χ2n) is 6.49. The normalized spacial score (nSPS) is 10.4. The number of carbonyl (C=O) groups is 1. The predicted octanol–water partition coefficient (Wildman–Crippen LogP) is 2.59. The highest BCUT2D eigenvalue weighted by Crippen LogP contribution is 2.16. The molecule has 0 bridgehead atoms. The van der Waals surface area contributed by atoms with Crippen LogP contribution in [0.15, 0.2) is 30.5 Å². The molecule has 0 aliphatic heterocycles. The van der Waals surface area contributed by atoms with Crippen LogP contribution in [0.5, 0.6) is 0 Å². The number of carbonyl (C=O) groups excluding carboxylic acids is 1. The van der Waals surface area contributed by atoms with Crippen LogP contribution in [0, 0.1) is 23.2 Å². The third kappa shape index (κ3) is 5.29. The SMILES string of the molecule is CC(C)(C)OC(=O)NCCC#Cc1ccc(-n2ncc(C#N)c2N)cc1. The molecule has 1 aromatic carbocycles. The number of anilines is 1. The van der Waals surface area contributed by atoms with Crippen LogP contribution in [0.25, 0.3) is 5.69 Å². The van der Waals surface area contributed by atoms with Crippen LogP contribution in [-0.2, 0) is 4.74 Å². The Morgan fingerprint density at radius 2 is 2.04 bits per heavy atom. The number of nitrogens with two attached hydrogens (primary N) is 1. The van der Waals surface area contributed by atoms with Crippen molar-refractivity contribution in [2.75, 3.05) is 12.3 Å². The molecule has 0 unspecified atom stereocenters. The molecule has 2 rings (SSSR count). The molecule has 0 saturated heterocycles. The fraction of sp³-hybridized carbons (Fsp3) is 0.316. The lowest BCUT2D eigenvalue weighted by molar-refractivity contribution is 0.0529. The summed E-state index contributed by atoms with van der Waals surface area (Å²) in [7, 11) is 0. The predicted molar refractivity (Wildman–Crippen MR) is 98.4 cm³/mol. The van der Waals surface area contributed by atoms with E-state index >= 15 is 0 Å². The van der Waals surface area contributed by atoms with Crippen LogP contribution < -0.4 is 11.1 Å². The van der Waals surface area contributed by atoms with Crippen molar-refractivity contribution in [2.24, 2.45) is 0 Å². The first-order valence-electron chi connectivity index (χ1n) is 8.10. The Hall–Kier alpha value is -3.45. The second-order valence-corrected chi connectivity index (χ2v) is 6.49. The molecule has 3 N–H and O–H groups in total. The maximum absolute atomic E-state index is 11.5. The van der Waals surface area contributed by atoms with Crippen molar-refractivity contribution in [3.63, 3.8) is 0 Å². The summed E-state index contributed by atoms with van der Waals surface area (Å²) in [5, 5.41) is 15.7. The Bertz CT molecular complexity index is 874. The Kier molecular flexibility index (Phi) is 5.87. The lowest BCUT2D eigenvalue weighted by Gasteiger charge is -2.19. The minimum absolute atomic E-state index is 0.305. The number of nitriles is 1. The van der Waals surface area contributed by atoms with Crippen LogP contribution in [0.1, 0.15) is 38.3 Å². The van der Waals surface area contributed by atoms with Gasteiger partial charge in [0.15, 0.2) is 0 Å². The molecular weight excluding hydrogens is 330 g/mol. The zero-order valence-electron chi connectivity index (χ0n) is 15.0. The molecule has 1 amide bonds. The Labute approximate surface area is 152 Å². The molecule has 0 aliphatic carbocycles. The first-order valence-corrected chi connectivity index (χ1v) is 8.10. The van der Waals surface area contributed by atoms with Crippen LogP contribution in [0.2, 0.25) is 0 Å². The van der Waals surface area contributed by atoms with Gasteiger partial charge in [0.2, 0.25) is 0 Å². The standard InChI is InChI=1S/C19H21N5O2/c1-19(2,3)26-18(25)22-11-5-4-6-14-7-9-16(10-8-14)24-17(21)15(12-20)13-23-24/h7-10,13H,5,11,21H2,1-3H3,(H,22,25). The molecule has 2 aromatic rings. The van der Waals surface area contributed by atoms with E-state index in [2.05, 4.69) is 22.3 Å².